The van der Waals surface area contributed by atoms with Crippen molar-refractivity contribution >= 4 is 0 Å². The smallest absolute Gasteiger partial charge is 0.0382 e. The molecule has 0 aliphatic carbocycles. The lowest BCUT2D eigenvalue weighted by molar-refractivity contribution is 1.23. The van der Waals surface area contributed by atoms with E-state index in [4.69, 9.17) is 0 Å². The predicted molar refractivity (Wildman–Crippen MR) is 77.3 cm³/mol. The van der Waals surface area contributed by atoms with Crippen LogP contribution in [0.1, 0.15) is 48.0 Å². The lowest BCUT2D eigenvalue weighted by Crippen LogP contribution is -1.43. The Balaban J connectivity index is -0.0000000542. The van der Waals surface area contributed by atoms with Gasteiger partial charge in [0.2, 0.25) is 0 Å². The van der Waals surface area contributed by atoms with Crippen LogP contribution in [0.25, 0.3) is 0 Å². The third kappa shape index (κ3) is 1690. The lowest BCUT2D eigenvalue weighted by Gasteiger charge is -1.65. The topological polar surface area (TPSA) is 0 Å². The maximum atomic E-state index is 3.56. The highest BCUT2D eigenvalue weighted by molar-refractivity contribution is 4.78. The minimum Gasteiger partial charge on any atom is -0.103 e. The Morgan fingerprint density at radius 3 is 1.13 bits per heavy atom. The Kier molecular flexibility index (Phi) is 60.3. The van der Waals surface area contributed by atoms with E-state index in [0.717, 1.165) is 6.42 Å². The van der Waals surface area contributed by atoms with Gasteiger partial charge >= 0.3 is 0 Å². The van der Waals surface area contributed by atoms with E-state index in [2.05, 4.69) is 26.7 Å². The van der Waals surface area contributed by atoms with Gasteiger partial charge in [-0.05, 0) is 41.0 Å². The van der Waals surface area contributed by atoms with Gasteiger partial charge in [0.05, 0.1) is 0 Å². The van der Waals surface area contributed by atoms with Gasteiger partial charge < -0.3 is 0 Å². The number of allylic oxidation sites excluding steroid dienone is 5. The van der Waals surface area contributed by atoms with Crippen LogP contribution in [0.4, 0.5) is 0 Å². The first kappa shape index (κ1) is 23.6. The monoisotopic (exact) mass is 210 g/mol. The molecule has 90 valence electrons. The van der Waals surface area contributed by atoms with Crippen LogP contribution in [0.3, 0.4) is 0 Å². The molecule has 0 atom stereocenters. The van der Waals surface area contributed by atoms with Crippen LogP contribution >= 0.6 is 0 Å². The Bertz CT molecular complexity index is 130. The van der Waals surface area contributed by atoms with Crippen molar-refractivity contribution in [3.63, 3.8) is 0 Å². The van der Waals surface area contributed by atoms with Crippen molar-refractivity contribution in [3.8, 4) is 0 Å². The molecule has 0 aromatic carbocycles. The molecule has 0 nitrogen and oxygen atoms in total. The van der Waals surface area contributed by atoms with Crippen LogP contribution in [0.5, 0.6) is 0 Å². The fourth-order valence-electron chi connectivity index (χ4n) is 0. The summed E-state index contributed by atoms with van der Waals surface area (Å²) in [6.07, 6.45) is 8.71. The summed E-state index contributed by atoms with van der Waals surface area (Å²) in [5, 5.41) is 0. The maximum absolute atomic E-state index is 3.56. The minimum atomic E-state index is 1.08. The van der Waals surface area contributed by atoms with Crippen LogP contribution in [-0.2, 0) is 0 Å². The van der Waals surface area contributed by atoms with Crippen molar-refractivity contribution in [3.05, 3.63) is 49.6 Å². The summed E-state index contributed by atoms with van der Waals surface area (Å²) >= 11 is 0. The molecular formula is C15H30. The molecule has 0 saturated heterocycles. The van der Waals surface area contributed by atoms with Crippen molar-refractivity contribution in [2.24, 2.45) is 0 Å². The third-order valence-corrected chi connectivity index (χ3v) is 0.622. The van der Waals surface area contributed by atoms with Crippen LogP contribution in [0.15, 0.2) is 49.6 Å². The van der Waals surface area contributed by atoms with Crippen molar-refractivity contribution in [2.75, 3.05) is 0 Å². The predicted octanol–water partition coefficient (Wildman–Crippen LogP) is 5.94. The summed E-state index contributed by atoms with van der Waals surface area (Å²) < 4.78 is 0. The van der Waals surface area contributed by atoms with E-state index in [1.54, 1.807) is 6.08 Å². The van der Waals surface area contributed by atoms with Crippen molar-refractivity contribution < 1.29 is 0 Å². The van der Waals surface area contributed by atoms with E-state index < -0.39 is 0 Å². The largest absolute Gasteiger partial charge is 0.103 e. The lowest BCUT2D eigenvalue weighted by atomic mass is 10.4. The van der Waals surface area contributed by atoms with Crippen LogP contribution < -0.4 is 0 Å². The Hall–Kier alpha value is -1.04. The summed E-state index contributed by atoms with van der Waals surface area (Å²) in [4.78, 5) is 0. The molecule has 0 aliphatic heterocycles. The Labute approximate surface area is 98.1 Å². The Morgan fingerprint density at radius 1 is 1.00 bits per heavy atom. The van der Waals surface area contributed by atoms with E-state index in [0.29, 0.717) is 0 Å². The fraction of sp³-hybridized carbons (Fsp3) is 0.467. The molecule has 0 aromatic rings. The molecule has 0 saturated carbocycles. The van der Waals surface area contributed by atoms with Crippen molar-refractivity contribution in [2.45, 2.75) is 48.0 Å². The van der Waals surface area contributed by atoms with Crippen LogP contribution in [0.2, 0.25) is 0 Å². The molecule has 0 unspecified atom stereocenters. The normalized spacial score (nSPS) is 6.80. The molecule has 0 bridgehead atoms. The van der Waals surface area contributed by atoms with E-state index in [1.165, 1.54) is 5.57 Å². The minimum absolute atomic E-state index is 1.08. The molecule has 0 aromatic heterocycles. The highest BCUT2D eigenvalue weighted by atomic mass is 13.6. The molecular weight excluding hydrogens is 180 g/mol. The number of hydrogen-bond donors (Lipinski definition) is 0. The second-order valence-corrected chi connectivity index (χ2v) is 2.98. The van der Waals surface area contributed by atoms with Gasteiger partial charge in [-0.3, -0.25) is 0 Å². The molecule has 0 amide bonds. The van der Waals surface area contributed by atoms with Crippen LogP contribution in [-0.4, -0.2) is 0 Å². The quantitative estimate of drug-likeness (QED) is 0.470. The zero-order chi connectivity index (χ0) is 13.1. The van der Waals surface area contributed by atoms with Gasteiger partial charge in [-0.2, -0.15) is 0 Å². The maximum Gasteiger partial charge on any atom is -0.0382 e. The van der Waals surface area contributed by atoms with E-state index in [9.17, 15) is 0 Å². The van der Waals surface area contributed by atoms with Crippen molar-refractivity contribution in [1.82, 2.24) is 0 Å². The van der Waals surface area contributed by atoms with Gasteiger partial charge in [0.1, 0.15) is 0 Å². The standard InChI is InChI=1S/3C4H8.C3H6/c1-4(2)3;2*1-3-4-2;1-3-2/h1H2,2-3H3;3-4H,1-2H3;3H,1,4H2,2H3;3H,1H2,2H3. The third-order valence-electron chi connectivity index (χ3n) is 0.622. The molecule has 15 heavy (non-hydrogen) atoms. The summed E-state index contributed by atoms with van der Waals surface area (Å²) in [5.41, 5.74) is 1.17. The second kappa shape index (κ2) is 38.3. The SMILES string of the molecule is C=C(C)C.C=CC.C=CCC.CC=CC. The van der Waals surface area contributed by atoms with E-state index in [-0.39, 0.29) is 0 Å². The number of rotatable bonds is 1. The molecule has 0 rings (SSSR count). The molecule has 0 radical (unpaired) electrons. The van der Waals surface area contributed by atoms with Gasteiger partial charge in [-0.25, -0.2) is 0 Å². The summed E-state index contributed by atoms with van der Waals surface area (Å²) in [5.74, 6) is 0. The summed E-state index contributed by atoms with van der Waals surface area (Å²) in [6, 6.07) is 0. The van der Waals surface area contributed by atoms with Gasteiger partial charge in [0, 0.05) is 0 Å². The van der Waals surface area contributed by atoms with E-state index >= 15 is 0 Å². The summed E-state index contributed by atoms with van der Waals surface area (Å²) in [7, 11) is 0. The first-order chi connectivity index (χ1) is 6.97. The number of hydrogen-bond acceptors (Lipinski definition) is 0. The first-order valence-electron chi connectivity index (χ1n) is 5.35. The Morgan fingerprint density at radius 2 is 1.13 bits per heavy atom. The highest BCUT2D eigenvalue weighted by Gasteiger charge is 1.51. The average Bonchev–Trinajstić information content (AvgIpc) is 2.18. The highest BCUT2D eigenvalue weighted by Crippen LogP contribution is 1.73. The average molecular weight is 210 g/mol. The van der Waals surface area contributed by atoms with Gasteiger partial charge in [-0.15, -0.1) is 19.7 Å². The molecule has 0 N–H and O–H groups in total. The molecule has 0 aliphatic rings. The fourth-order valence-corrected chi connectivity index (χ4v) is 0. The van der Waals surface area contributed by atoms with E-state index in [1.807, 2.05) is 52.8 Å². The first-order valence-corrected chi connectivity index (χ1v) is 5.35. The molecule has 0 spiro atoms. The van der Waals surface area contributed by atoms with Gasteiger partial charge in [0.25, 0.3) is 0 Å². The molecule has 0 heteroatoms. The molecule has 0 heterocycles. The van der Waals surface area contributed by atoms with Gasteiger partial charge in [0.15, 0.2) is 0 Å². The molecule has 0 fully saturated rings. The van der Waals surface area contributed by atoms with Crippen molar-refractivity contribution in [1.29, 1.82) is 0 Å². The zero-order valence-corrected chi connectivity index (χ0v) is 11.6. The van der Waals surface area contributed by atoms with Crippen LogP contribution in [0, 0.1) is 0 Å². The zero-order valence-electron chi connectivity index (χ0n) is 11.6. The summed E-state index contributed by atoms with van der Waals surface area (Å²) in [6.45, 7) is 22.3. The second-order valence-electron chi connectivity index (χ2n) is 2.98. The van der Waals surface area contributed by atoms with Gasteiger partial charge in [-0.1, -0.05) is 36.8 Å².